The minimum atomic E-state index is -4.06. The van der Waals surface area contributed by atoms with Gasteiger partial charge in [-0.2, -0.15) is 0 Å². The lowest BCUT2D eigenvalue weighted by Crippen LogP contribution is -2.28. The summed E-state index contributed by atoms with van der Waals surface area (Å²) in [6.07, 6.45) is -0.989. The van der Waals surface area contributed by atoms with Crippen LogP contribution < -0.4 is 0 Å². The first-order chi connectivity index (χ1) is 8.62. The highest BCUT2D eigenvalue weighted by Crippen LogP contribution is 2.57. The summed E-state index contributed by atoms with van der Waals surface area (Å²) in [5.74, 6) is -1.22. The number of hydrogen-bond acceptors (Lipinski definition) is 8. The molecule has 19 heavy (non-hydrogen) atoms. The average Bonchev–Trinajstić information content (AvgIpc) is 2.19. The van der Waals surface area contributed by atoms with Gasteiger partial charge < -0.3 is 19.5 Å². The zero-order valence-electron chi connectivity index (χ0n) is 10.8. The van der Waals surface area contributed by atoms with Crippen LogP contribution in [0.2, 0.25) is 0 Å². The minimum Gasteiger partial charge on any atom is -0.462 e. The Kier molecular flexibility index (Phi) is 8.28. The van der Waals surface area contributed by atoms with Gasteiger partial charge >= 0.3 is 18.7 Å². The zero-order valence-corrected chi connectivity index (χ0v) is 12.5. The predicted octanol–water partition coefficient (Wildman–Crippen LogP) is 0.670. The fourth-order valence-electron chi connectivity index (χ4n) is 0.962. The van der Waals surface area contributed by atoms with Crippen molar-refractivity contribution in [1.29, 1.82) is 0 Å². The highest BCUT2D eigenvalue weighted by Gasteiger charge is 2.26. The second-order valence-corrected chi connectivity index (χ2v) is 7.61. The quantitative estimate of drug-likeness (QED) is 0.378. The largest absolute Gasteiger partial charge is 0.462 e. The van der Waals surface area contributed by atoms with Crippen molar-refractivity contribution in [3.05, 3.63) is 0 Å². The smallest absolute Gasteiger partial charge is 0.389 e. The molecule has 2 unspecified atom stereocenters. The summed E-state index contributed by atoms with van der Waals surface area (Å²) < 4.78 is 25.5. The molecule has 0 radical (unpaired) electrons. The van der Waals surface area contributed by atoms with Crippen molar-refractivity contribution < 1.29 is 38.2 Å². The van der Waals surface area contributed by atoms with Gasteiger partial charge in [-0.3, -0.25) is 14.1 Å². The van der Waals surface area contributed by atoms with Crippen LogP contribution in [0, 0.1) is 0 Å². The molecule has 0 rings (SSSR count). The van der Waals surface area contributed by atoms with E-state index in [1.807, 2.05) is 0 Å². The van der Waals surface area contributed by atoms with Crippen LogP contribution in [0.1, 0.15) is 20.8 Å². The van der Waals surface area contributed by atoms with Crippen LogP contribution in [-0.4, -0.2) is 46.7 Å². The van der Waals surface area contributed by atoms with E-state index in [1.165, 1.54) is 13.8 Å². The lowest BCUT2D eigenvalue weighted by atomic mass is 10.4. The maximum atomic E-state index is 11.4. The highest BCUT2D eigenvalue weighted by atomic mass is 32.7. The van der Waals surface area contributed by atoms with Crippen LogP contribution in [0.3, 0.4) is 0 Å². The van der Waals surface area contributed by atoms with Gasteiger partial charge in [0.1, 0.15) is 12.0 Å². The van der Waals surface area contributed by atoms with Gasteiger partial charge in [0.2, 0.25) is 0 Å². The van der Waals surface area contributed by atoms with E-state index in [4.69, 9.17) is 9.84 Å². The van der Waals surface area contributed by atoms with E-state index < -0.39 is 36.9 Å². The number of aliphatic hydroxyl groups excluding tert-OH is 1. The molecule has 0 saturated heterocycles. The van der Waals surface area contributed by atoms with Crippen LogP contribution in [0.15, 0.2) is 0 Å². The summed E-state index contributed by atoms with van der Waals surface area (Å²) in [6.45, 7) is -1.15. The summed E-state index contributed by atoms with van der Waals surface area (Å²) >= 11 is 0.338. The molecule has 0 saturated carbocycles. The summed E-state index contributed by atoms with van der Waals surface area (Å²) in [5.41, 5.74) is -1.09. The van der Waals surface area contributed by atoms with Crippen LogP contribution in [0.4, 0.5) is 0 Å². The van der Waals surface area contributed by atoms with Crippen molar-refractivity contribution in [2.24, 2.45) is 0 Å². The SMILES string of the molecule is CC(=O)OC[C@H](COP(=O)(O)SC(C)O)OC(C)=O. The van der Waals surface area contributed by atoms with Crippen molar-refractivity contribution in [1.82, 2.24) is 0 Å². The van der Waals surface area contributed by atoms with Gasteiger partial charge in [-0.25, -0.2) is 4.57 Å². The van der Waals surface area contributed by atoms with Crippen LogP contribution in [0.25, 0.3) is 0 Å². The molecule has 0 aromatic heterocycles. The Labute approximate surface area is 114 Å². The van der Waals surface area contributed by atoms with Crippen LogP contribution in [0.5, 0.6) is 0 Å². The summed E-state index contributed by atoms with van der Waals surface area (Å²) in [7, 11) is 0. The van der Waals surface area contributed by atoms with Gasteiger partial charge in [-0.15, -0.1) is 0 Å². The molecule has 2 N–H and O–H groups in total. The van der Waals surface area contributed by atoms with Gasteiger partial charge in [-0.05, 0) is 18.3 Å². The van der Waals surface area contributed by atoms with Crippen LogP contribution in [-0.2, 0) is 28.2 Å². The standard InChI is InChI=1S/C9H17O8PS/c1-6(10)15-4-9(17-7(2)11)5-16-18(13,14)19-8(3)12/h8-9,12H,4-5H2,1-3H3,(H,13,14)/t8?,9-/m1/s1. The van der Waals surface area contributed by atoms with Gasteiger partial charge in [0, 0.05) is 13.8 Å². The topological polar surface area (TPSA) is 119 Å². The molecule has 0 amide bonds. The molecule has 112 valence electrons. The van der Waals surface area contributed by atoms with E-state index in [0.29, 0.717) is 11.4 Å². The van der Waals surface area contributed by atoms with Gasteiger partial charge in [0.05, 0.1) is 6.61 Å². The molecule has 0 aliphatic rings. The lowest BCUT2D eigenvalue weighted by Gasteiger charge is -2.19. The molecule has 8 nitrogen and oxygen atoms in total. The molecule has 3 atom stereocenters. The van der Waals surface area contributed by atoms with Crippen LogP contribution >= 0.6 is 18.2 Å². The molecular formula is C9H17O8PS. The molecule has 0 spiro atoms. The first-order valence-corrected chi connectivity index (χ1v) is 8.33. The number of rotatable bonds is 8. The number of aliphatic hydroxyl groups is 1. The fraction of sp³-hybridized carbons (Fsp3) is 0.778. The number of esters is 2. The molecule has 0 aliphatic heterocycles. The normalized spacial score (nSPS) is 17.1. The Morgan fingerprint density at radius 1 is 1.26 bits per heavy atom. The Bertz CT molecular complexity index is 358. The molecule has 0 aromatic rings. The Balaban J connectivity index is 4.35. The highest BCUT2D eigenvalue weighted by molar-refractivity contribution is 8.55. The molecule has 0 fully saturated rings. The molecule has 10 heteroatoms. The monoisotopic (exact) mass is 316 g/mol. The third-order valence-corrected chi connectivity index (χ3v) is 4.59. The Hall–Kier alpha value is -0.600. The number of carbonyl (C=O) groups is 2. The number of hydrogen-bond donors (Lipinski definition) is 2. The molecule has 0 bridgehead atoms. The van der Waals surface area contributed by atoms with E-state index >= 15 is 0 Å². The van der Waals surface area contributed by atoms with Crippen molar-refractivity contribution in [2.75, 3.05) is 13.2 Å². The van der Waals surface area contributed by atoms with Gasteiger partial charge in [0.15, 0.2) is 6.10 Å². The third-order valence-electron chi connectivity index (χ3n) is 1.51. The first kappa shape index (κ1) is 18.4. The van der Waals surface area contributed by atoms with E-state index in [1.54, 1.807) is 0 Å². The second kappa shape index (κ2) is 8.55. The zero-order chi connectivity index (χ0) is 15.1. The van der Waals surface area contributed by atoms with E-state index in [9.17, 15) is 19.0 Å². The molecular weight excluding hydrogens is 299 g/mol. The Morgan fingerprint density at radius 2 is 1.84 bits per heavy atom. The minimum absolute atomic E-state index is 0.283. The average molecular weight is 316 g/mol. The number of ether oxygens (including phenoxy) is 2. The van der Waals surface area contributed by atoms with Crippen molar-refractivity contribution in [3.8, 4) is 0 Å². The van der Waals surface area contributed by atoms with Crippen molar-refractivity contribution >= 4 is 30.1 Å². The lowest BCUT2D eigenvalue weighted by molar-refractivity contribution is -0.158. The summed E-state index contributed by atoms with van der Waals surface area (Å²) in [4.78, 5) is 30.8. The Morgan fingerprint density at radius 3 is 2.26 bits per heavy atom. The van der Waals surface area contributed by atoms with Crippen molar-refractivity contribution in [2.45, 2.75) is 32.3 Å². The first-order valence-electron chi connectivity index (χ1n) is 5.27. The molecule has 0 aromatic carbocycles. The van der Waals surface area contributed by atoms with Gasteiger partial charge in [-0.1, -0.05) is 0 Å². The van der Waals surface area contributed by atoms with E-state index in [-0.39, 0.29) is 6.61 Å². The fourth-order valence-corrected chi connectivity index (χ4v) is 3.28. The van der Waals surface area contributed by atoms with Crippen molar-refractivity contribution in [3.63, 3.8) is 0 Å². The predicted molar refractivity (Wildman–Crippen MR) is 67.2 cm³/mol. The maximum Gasteiger partial charge on any atom is 0.389 e. The maximum absolute atomic E-state index is 11.4. The third kappa shape index (κ3) is 11.0. The van der Waals surface area contributed by atoms with E-state index in [0.717, 1.165) is 6.92 Å². The van der Waals surface area contributed by atoms with Gasteiger partial charge in [0.25, 0.3) is 0 Å². The second-order valence-electron chi connectivity index (χ2n) is 3.50. The summed E-state index contributed by atoms with van der Waals surface area (Å²) in [5, 5.41) is 8.97. The van der Waals surface area contributed by atoms with E-state index in [2.05, 4.69) is 9.26 Å². The number of carbonyl (C=O) groups excluding carboxylic acids is 2. The summed E-state index contributed by atoms with van der Waals surface area (Å²) in [6, 6.07) is 0. The molecule has 0 aliphatic carbocycles. The molecule has 0 heterocycles.